The highest BCUT2D eigenvalue weighted by Gasteiger charge is 2.21. The van der Waals surface area contributed by atoms with Gasteiger partial charge in [-0.25, -0.2) is 0 Å². The Hall–Kier alpha value is -0.820. The first-order valence-electron chi connectivity index (χ1n) is 8.59. The Morgan fingerprint density at radius 3 is 2.30 bits per heavy atom. The molecule has 112 valence electrons. The molecule has 1 fully saturated rings. The first-order chi connectivity index (χ1) is 9.76. The standard InChI is InChI=1S/C19H31N/c1-4-7-15(3)19(20-14-5-2)18-12-10-17(11-13-18)16-8-6-9-16/h10-13,15-16,19-20H,4-9,14H2,1-3H3. The van der Waals surface area contributed by atoms with Crippen molar-refractivity contribution in [2.24, 2.45) is 5.92 Å². The Morgan fingerprint density at radius 2 is 1.80 bits per heavy atom. The minimum Gasteiger partial charge on any atom is -0.310 e. The molecule has 1 heteroatoms. The van der Waals surface area contributed by atoms with Gasteiger partial charge in [0, 0.05) is 6.04 Å². The fourth-order valence-electron chi connectivity index (χ4n) is 3.29. The second-order valence-corrected chi connectivity index (χ2v) is 6.49. The summed E-state index contributed by atoms with van der Waals surface area (Å²) in [6.45, 7) is 8.03. The monoisotopic (exact) mass is 273 g/mol. The van der Waals surface area contributed by atoms with Gasteiger partial charge in [0.15, 0.2) is 0 Å². The van der Waals surface area contributed by atoms with Crippen LogP contribution in [0.3, 0.4) is 0 Å². The van der Waals surface area contributed by atoms with E-state index in [9.17, 15) is 0 Å². The molecule has 0 aliphatic heterocycles. The minimum absolute atomic E-state index is 0.519. The number of nitrogens with one attached hydrogen (secondary N) is 1. The summed E-state index contributed by atoms with van der Waals surface area (Å²) in [5.74, 6) is 1.56. The van der Waals surface area contributed by atoms with E-state index in [1.54, 1.807) is 5.56 Å². The molecular weight excluding hydrogens is 242 g/mol. The predicted molar refractivity (Wildman–Crippen MR) is 88.1 cm³/mol. The third-order valence-corrected chi connectivity index (χ3v) is 4.80. The van der Waals surface area contributed by atoms with Gasteiger partial charge in [-0.2, -0.15) is 0 Å². The van der Waals surface area contributed by atoms with Crippen LogP contribution < -0.4 is 5.32 Å². The Labute approximate surface area is 125 Å². The van der Waals surface area contributed by atoms with Crippen molar-refractivity contribution in [3.05, 3.63) is 35.4 Å². The van der Waals surface area contributed by atoms with Crippen LogP contribution in [0.15, 0.2) is 24.3 Å². The van der Waals surface area contributed by atoms with Crippen molar-refractivity contribution in [1.29, 1.82) is 0 Å². The summed E-state index contributed by atoms with van der Waals surface area (Å²) in [6.07, 6.45) is 7.97. The smallest absolute Gasteiger partial charge is 0.0346 e. The van der Waals surface area contributed by atoms with E-state index in [4.69, 9.17) is 0 Å². The van der Waals surface area contributed by atoms with E-state index < -0.39 is 0 Å². The summed E-state index contributed by atoms with van der Waals surface area (Å²) in [5, 5.41) is 3.75. The van der Waals surface area contributed by atoms with Crippen LogP contribution in [0.5, 0.6) is 0 Å². The highest BCUT2D eigenvalue weighted by atomic mass is 14.9. The summed E-state index contributed by atoms with van der Waals surface area (Å²) in [5.41, 5.74) is 3.03. The van der Waals surface area contributed by atoms with Gasteiger partial charge in [0.25, 0.3) is 0 Å². The molecule has 2 atom stereocenters. The van der Waals surface area contributed by atoms with Crippen LogP contribution in [0, 0.1) is 5.92 Å². The molecule has 1 nitrogen and oxygen atoms in total. The van der Waals surface area contributed by atoms with Crippen molar-refractivity contribution in [1.82, 2.24) is 5.32 Å². The van der Waals surface area contributed by atoms with Crippen molar-refractivity contribution >= 4 is 0 Å². The van der Waals surface area contributed by atoms with E-state index >= 15 is 0 Å². The molecule has 1 N–H and O–H groups in total. The second kappa shape index (κ2) is 7.83. The van der Waals surface area contributed by atoms with Crippen LogP contribution in [-0.2, 0) is 0 Å². The molecule has 1 aliphatic rings. The third kappa shape index (κ3) is 3.85. The van der Waals surface area contributed by atoms with Gasteiger partial charge in [0.1, 0.15) is 0 Å². The fourth-order valence-corrected chi connectivity index (χ4v) is 3.29. The molecule has 0 heterocycles. The molecule has 0 amide bonds. The lowest BCUT2D eigenvalue weighted by atomic mass is 9.79. The van der Waals surface area contributed by atoms with Crippen LogP contribution in [-0.4, -0.2) is 6.54 Å². The fraction of sp³-hybridized carbons (Fsp3) is 0.684. The lowest BCUT2D eigenvalue weighted by Crippen LogP contribution is -2.27. The van der Waals surface area contributed by atoms with Gasteiger partial charge < -0.3 is 5.32 Å². The van der Waals surface area contributed by atoms with Crippen molar-refractivity contribution in [2.45, 2.75) is 71.3 Å². The molecule has 0 aromatic heterocycles. The quantitative estimate of drug-likeness (QED) is 0.666. The SMILES string of the molecule is CCCNC(c1ccc(C2CCC2)cc1)C(C)CCC. The molecule has 0 radical (unpaired) electrons. The topological polar surface area (TPSA) is 12.0 Å². The summed E-state index contributed by atoms with van der Waals surface area (Å²) in [7, 11) is 0. The third-order valence-electron chi connectivity index (χ3n) is 4.80. The molecule has 20 heavy (non-hydrogen) atoms. The van der Waals surface area contributed by atoms with E-state index in [1.165, 1.54) is 44.1 Å². The van der Waals surface area contributed by atoms with Crippen LogP contribution >= 0.6 is 0 Å². The van der Waals surface area contributed by atoms with Gasteiger partial charge in [-0.05, 0) is 55.2 Å². The van der Waals surface area contributed by atoms with Crippen LogP contribution in [0.25, 0.3) is 0 Å². The Kier molecular flexibility index (Phi) is 6.09. The molecule has 2 rings (SSSR count). The van der Waals surface area contributed by atoms with Crippen molar-refractivity contribution in [2.75, 3.05) is 6.54 Å². The van der Waals surface area contributed by atoms with Gasteiger partial charge >= 0.3 is 0 Å². The average molecular weight is 273 g/mol. The maximum absolute atomic E-state index is 3.75. The number of hydrogen-bond acceptors (Lipinski definition) is 1. The number of hydrogen-bond donors (Lipinski definition) is 1. The molecule has 0 bridgehead atoms. The number of benzene rings is 1. The van der Waals surface area contributed by atoms with Gasteiger partial charge in [0.2, 0.25) is 0 Å². The van der Waals surface area contributed by atoms with Gasteiger partial charge in [-0.3, -0.25) is 0 Å². The highest BCUT2D eigenvalue weighted by molar-refractivity contribution is 5.28. The zero-order chi connectivity index (χ0) is 14.4. The Bertz CT molecular complexity index is 377. The summed E-state index contributed by atoms with van der Waals surface area (Å²) < 4.78 is 0. The molecule has 0 spiro atoms. The molecule has 1 saturated carbocycles. The molecule has 0 saturated heterocycles. The molecule has 1 aliphatic carbocycles. The van der Waals surface area contributed by atoms with Crippen molar-refractivity contribution < 1.29 is 0 Å². The Morgan fingerprint density at radius 1 is 1.10 bits per heavy atom. The zero-order valence-corrected chi connectivity index (χ0v) is 13.5. The summed E-state index contributed by atoms with van der Waals surface area (Å²) in [6, 6.07) is 10.0. The first kappa shape index (κ1) is 15.6. The largest absolute Gasteiger partial charge is 0.310 e. The molecule has 1 aromatic carbocycles. The lowest BCUT2D eigenvalue weighted by Gasteiger charge is -2.28. The molecule has 2 unspecified atom stereocenters. The zero-order valence-electron chi connectivity index (χ0n) is 13.5. The van der Waals surface area contributed by atoms with E-state index in [-0.39, 0.29) is 0 Å². The van der Waals surface area contributed by atoms with Crippen LogP contribution in [0.1, 0.15) is 82.4 Å². The first-order valence-corrected chi connectivity index (χ1v) is 8.59. The second-order valence-electron chi connectivity index (χ2n) is 6.49. The highest BCUT2D eigenvalue weighted by Crippen LogP contribution is 2.37. The predicted octanol–water partition coefficient (Wildman–Crippen LogP) is 5.43. The normalized spacial score (nSPS) is 18.6. The van der Waals surface area contributed by atoms with Crippen LogP contribution in [0.2, 0.25) is 0 Å². The Balaban J connectivity index is 2.06. The van der Waals surface area contributed by atoms with E-state index in [2.05, 4.69) is 50.4 Å². The lowest BCUT2D eigenvalue weighted by molar-refractivity contribution is 0.363. The van der Waals surface area contributed by atoms with Gasteiger partial charge in [0.05, 0.1) is 0 Å². The van der Waals surface area contributed by atoms with Crippen molar-refractivity contribution in [3.63, 3.8) is 0 Å². The molecule has 1 aromatic rings. The van der Waals surface area contributed by atoms with E-state index in [0.29, 0.717) is 12.0 Å². The van der Waals surface area contributed by atoms with Gasteiger partial charge in [-0.1, -0.05) is 57.9 Å². The average Bonchev–Trinajstić information content (AvgIpc) is 2.39. The van der Waals surface area contributed by atoms with E-state index in [0.717, 1.165) is 12.5 Å². The summed E-state index contributed by atoms with van der Waals surface area (Å²) >= 11 is 0. The maximum atomic E-state index is 3.75. The summed E-state index contributed by atoms with van der Waals surface area (Å²) in [4.78, 5) is 0. The number of rotatable bonds is 8. The maximum Gasteiger partial charge on any atom is 0.0346 e. The van der Waals surface area contributed by atoms with Crippen molar-refractivity contribution in [3.8, 4) is 0 Å². The minimum atomic E-state index is 0.519. The molecular formula is C19H31N. The van der Waals surface area contributed by atoms with E-state index in [1.807, 2.05) is 0 Å². The van der Waals surface area contributed by atoms with Crippen LogP contribution in [0.4, 0.5) is 0 Å². The van der Waals surface area contributed by atoms with Gasteiger partial charge in [-0.15, -0.1) is 0 Å².